The van der Waals surface area contributed by atoms with Crippen molar-refractivity contribution in [2.24, 2.45) is 15.9 Å². The molecule has 0 spiro atoms. The molecule has 0 saturated heterocycles. The minimum Gasteiger partial charge on any atom is -0.372 e. The lowest BCUT2D eigenvalue weighted by Crippen LogP contribution is -2.47. The van der Waals surface area contributed by atoms with Crippen LogP contribution in [0.15, 0.2) is 58.7 Å². The molecular formula is C23H26F2N6O3S. The number of carbonyl (C=O) groups is 2. The van der Waals surface area contributed by atoms with Gasteiger partial charge in [-0.3, -0.25) is 14.9 Å². The van der Waals surface area contributed by atoms with E-state index >= 15 is 0 Å². The van der Waals surface area contributed by atoms with Crippen molar-refractivity contribution in [1.29, 1.82) is 0 Å². The zero-order valence-electron chi connectivity index (χ0n) is 19.4. The molecule has 35 heavy (non-hydrogen) atoms. The number of guanidine groups is 1. The van der Waals surface area contributed by atoms with E-state index in [0.717, 1.165) is 30.0 Å². The number of benzene rings is 2. The van der Waals surface area contributed by atoms with Crippen molar-refractivity contribution in [3.63, 3.8) is 0 Å². The molecule has 2 aromatic rings. The second-order valence-electron chi connectivity index (χ2n) is 7.65. The molecule has 1 aliphatic heterocycles. The number of methoxy groups -OCH3 is 1. The number of hydrogen-bond donors (Lipinski definition) is 3. The Morgan fingerprint density at radius 1 is 1.26 bits per heavy atom. The molecule has 1 aliphatic rings. The van der Waals surface area contributed by atoms with E-state index in [-0.39, 0.29) is 35.4 Å². The van der Waals surface area contributed by atoms with Gasteiger partial charge in [-0.2, -0.15) is 5.10 Å². The molecule has 2 atom stereocenters. The van der Waals surface area contributed by atoms with Gasteiger partial charge in [-0.15, -0.1) is 5.10 Å². The highest BCUT2D eigenvalue weighted by Gasteiger charge is 2.49. The number of rotatable bonds is 8. The number of nitrogens with two attached hydrogens (primary N) is 1. The summed E-state index contributed by atoms with van der Waals surface area (Å²) in [5, 5.41) is 12.1. The Morgan fingerprint density at radius 3 is 2.63 bits per heavy atom. The molecule has 186 valence electrons. The molecule has 2 aromatic carbocycles. The number of nitrogens with one attached hydrogen (secondary N) is 2. The van der Waals surface area contributed by atoms with E-state index in [9.17, 15) is 18.4 Å². The van der Waals surface area contributed by atoms with Gasteiger partial charge in [0.25, 0.3) is 5.91 Å². The molecule has 3 rings (SSSR count). The highest BCUT2D eigenvalue weighted by molar-refractivity contribution is 8.15. The Morgan fingerprint density at radius 2 is 1.97 bits per heavy atom. The predicted molar refractivity (Wildman–Crippen MR) is 130 cm³/mol. The Bertz CT molecular complexity index is 1150. The fourth-order valence-corrected chi connectivity index (χ4v) is 4.81. The van der Waals surface area contributed by atoms with E-state index < -0.39 is 28.5 Å². The van der Waals surface area contributed by atoms with E-state index in [1.807, 2.05) is 18.2 Å². The molecule has 1 heterocycles. The van der Waals surface area contributed by atoms with Crippen LogP contribution in [0.1, 0.15) is 31.4 Å². The number of amides is 2. The molecule has 4 N–H and O–H groups in total. The molecule has 0 bridgehead atoms. The fraction of sp³-hybridized carbons (Fsp3) is 0.304. The first-order valence-corrected chi connectivity index (χ1v) is 11.5. The van der Waals surface area contributed by atoms with E-state index in [1.54, 1.807) is 19.1 Å². The maximum atomic E-state index is 14.7. The van der Waals surface area contributed by atoms with Crippen LogP contribution >= 0.6 is 11.8 Å². The Kier molecular flexibility index (Phi) is 8.41. The number of halogens is 2. The zero-order chi connectivity index (χ0) is 25.6. The van der Waals surface area contributed by atoms with E-state index in [2.05, 4.69) is 20.9 Å². The topological polar surface area (TPSA) is 121 Å². The maximum Gasteiger partial charge on any atom is 0.273 e. The summed E-state index contributed by atoms with van der Waals surface area (Å²) in [6.07, 6.45) is -0.606. The third-order valence-corrected chi connectivity index (χ3v) is 6.62. The van der Waals surface area contributed by atoms with Gasteiger partial charge in [0.1, 0.15) is 27.7 Å². The van der Waals surface area contributed by atoms with E-state index in [1.165, 1.54) is 19.0 Å². The summed E-state index contributed by atoms with van der Waals surface area (Å²) in [5.41, 5.74) is 9.06. The minimum absolute atomic E-state index is 0.0587. The number of nitrogens with zero attached hydrogens (tertiary/aromatic N) is 3. The number of thioether (sulfide) groups is 1. The van der Waals surface area contributed by atoms with Crippen LogP contribution in [0.4, 0.5) is 8.78 Å². The molecule has 0 aliphatic carbocycles. The number of hydrogen-bond acceptors (Lipinski definition) is 7. The van der Waals surface area contributed by atoms with E-state index in [0.29, 0.717) is 5.56 Å². The van der Waals surface area contributed by atoms with Crippen molar-refractivity contribution >= 4 is 34.6 Å². The Balaban J connectivity index is 2.03. The largest absolute Gasteiger partial charge is 0.372 e. The van der Waals surface area contributed by atoms with Crippen LogP contribution in [-0.4, -0.2) is 47.6 Å². The van der Waals surface area contributed by atoms with Crippen LogP contribution in [0.5, 0.6) is 0 Å². The molecule has 2 unspecified atom stereocenters. The van der Waals surface area contributed by atoms with Gasteiger partial charge in [0.05, 0.1) is 0 Å². The second-order valence-corrected chi connectivity index (χ2v) is 8.91. The first-order chi connectivity index (χ1) is 16.7. The van der Waals surface area contributed by atoms with Gasteiger partial charge in [-0.05, 0) is 30.7 Å². The molecule has 0 radical (unpaired) electrons. The monoisotopic (exact) mass is 504 g/mol. The highest BCUT2D eigenvalue weighted by Crippen LogP contribution is 2.50. The lowest BCUT2D eigenvalue weighted by atomic mass is 10.0. The normalized spacial score (nSPS) is 18.7. The lowest BCUT2D eigenvalue weighted by molar-refractivity contribution is -0.144. The van der Waals surface area contributed by atoms with Crippen LogP contribution in [0, 0.1) is 11.6 Å². The van der Waals surface area contributed by atoms with Crippen LogP contribution in [-0.2, 0) is 19.2 Å². The van der Waals surface area contributed by atoms with Crippen LogP contribution in [0.2, 0.25) is 0 Å². The second kappa shape index (κ2) is 11.3. The molecule has 0 aromatic heterocycles. The first kappa shape index (κ1) is 26.1. The van der Waals surface area contributed by atoms with Crippen molar-refractivity contribution in [2.45, 2.75) is 31.2 Å². The Labute approximate surface area is 205 Å². The van der Waals surface area contributed by atoms with Crippen molar-refractivity contribution in [2.75, 3.05) is 13.7 Å². The molecule has 0 fully saturated rings. The van der Waals surface area contributed by atoms with Crippen molar-refractivity contribution in [3.8, 4) is 0 Å². The van der Waals surface area contributed by atoms with Crippen molar-refractivity contribution < 1.29 is 23.1 Å². The van der Waals surface area contributed by atoms with Crippen LogP contribution in [0.3, 0.4) is 0 Å². The number of ether oxygens (including phenoxy) is 1. The Hall–Kier alpha value is -3.51. The third-order valence-electron chi connectivity index (χ3n) is 5.17. The smallest absolute Gasteiger partial charge is 0.273 e. The first-order valence-electron chi connectivity index (χ1n) is 10.7. The summed E-state index contributed by atoms with van der Waals surface area (Å²) < 4.78 is 33.9. The molecule has 9 nitrogen and oxygen atoms in total. The molecular weight excluding hydrogens is 478 g/mol. The summed E-state index contributed by atoms with van der Waals surface area (Å²) >= 11 is 1.12. The van der Waals surface area contributed by atoms with Crippen molar-refractivity contribution in [1.82, 2.24) is 15.8 Å². The number of hydrazone groups is 2. The zero-order valence-corrected chi connectivity index (χ0v) is 20.2. The van der Waals surface area contributed by atoms with Gasteiger partial charge in [0.2, 0.25) is 11.9 Å². The van der Waals surface area contributed by atoms with Gasteiger partial charge in [-0.1, -0.05) is 42.1 Å². The molecule has 12 heteroatoms. The standard InChI is InChI=1S/C23H26F2N6O3S/c1-14(34-3)21(33)31-23(16-7-5-4-6-8-16,11-12-27-29-22(26)28-15(2)32)35-20(30-31)18-13-17(24)9-10-19(18)25/h4-10,13-14,27H,11-12H2,1-3H3,(H3,26,28,29,32). The maximum absolute atomic E-state index is 14.7. The molecule has 0 saturated carbocycles. The summed E-state index contributed by atoms with van der Waals surface area (Å²) in [5.74, 6) is -2.25. The summed E-state index contributed by atoms with van der Waals surface area (Å²) in [6, 6.07) is 12.2. The van der Waals surface area contributed by atoms with Gasteiger partial charge in [0.15, 0.2) is 0 Å². The summed E-state index contributed by atoms with van der Waals surface area (Å²) in [7, 11) is 1.40. The minimum atomic E-state index is -1.13. The SMILES string of the molecule is COC(C)C(=O)N1N=C(c2cc(F)ccc2F)SC1(CCNN=C(N)NC(C)=O)c1ccccc1. The molecule has 2 amide bonds. The van der Waals surface area contributed by atoms with E-state index in [4.69, 9.17) is 10.5 Å². The van der Waals surface area contributed by atoms with Crippen LogP contribution in [0.25, 0.3) is 0 Å². The number of carbonyl (C=O) groups excluding carboxylic acids is 2. The van der Waals surface area contributed by atoms with Gasteiger partial charge in [-0.25, -0.2) is 13.8 Å². The van der Waals surface area contributed by atoms with Crippen molar-refractivity contribution in [3.05, 3.63) is 71.3 Å². The quantitative estimate of drug-likeness (QED) is 0.220. The van der Waals surface area contributed by atoms with Gasteiger partial charge in [0, 0.05) is 32.6 Å². The average molecular weight is 505 g/mol. The third kappa shape index (κ3) is 5.95. The summed E-state index contributed by atoms with van der Waals surface area (Å²) in [6.45, 7) is 3.07. The lowest BCUT2D eigenvalue weighted by Gasteiger charge is -2.36. The van der Waals surface area contributed by atoms with Crippen LogP contribution < -0.4 is 16.5 Å². The predicted octanol–water partition coefficient (Wildman–Crippen LogP) is 2.44. The average Bonchev–Trinajstić information content (AvgIpc) is 3.23. The highest BCUT2D eigenvalue weighted by atomic mass is 32.2. The summed E-state index contributed by atoms with van der Waals surface area (Å²) in [4.78, 5) is 23.4. The van der Waals surface area contributed by atoms with Gasteiger partial charge >= 0.3 is 0 Å². The fourth-order valence-electron chi connectivity index (χ4n) is 3.42. The van der Waals surface area contributed by atoms with Gasteiger partial charge < -0.3 is 15.9 Å².